The van der Waals surface area contributed by atoms with Gasteiger partial charge in [0.2, 0.25) is 5.91 Å². The van der Waals surface area contributed by atoms with E-state index < -0.39 is 0 Å². The number of Topliss-reactive ketones (excluding diaryl/α,β-unsaturated/α-hetero) is 1. The van der Waals surface area contributed by atoms with Crippen molar-refractivity contribution in [1.29, 1.82) is 0 Å². The molecule has 3 rings (SSSR count). The maximum atomic E-state index is 13.1. The van der Waals surface area contributed by atoms with Crippen LogP contribution in [0.2, 0.25) is 0 Å². The molecule has 1 amide bonds. The van der Waals surface area contributed by atoms with Crippen molar-refractivity contribution in [2.24, 2.45) is 5.92 Å². The van der Waals surface area contributed by atoms with Crippen LogP contribution < -0.4 is 14.2 Å². The number of ether oxygens (including phenoxy) is 3. The van der Waals surface area contributed by atoms with Gasteiger partial charge in [-0.05, 0) is 74.9 Å². The summed E-state index contributed by atoms with van der Waals surface area (Å²) >= 11 is 0. The molecule has 0 aromatic heterocycles. The van der Waals surface area contributed by atoms with Crippen molar-refractivity contribution in [3.05, 3.63) is 53.6 Å². The zero-order valence-corrected chi connectivity index (χ0v) is 19.4. The minimum atomic E-state index is -0.0258. The number of ketones is 1. The molecule has 1 unspecified atom stereocenters. The zero-order chi connectivity index (χ0) is 23.1. The molecule has 0 heterocycles. The van der Waals surface area contributed by atoms with E-state index in [9.17, 15) is 9.59 Å². The maximum Gasteiger partial charge on any atom is 0.223 e. The van der Waals surface area contributed by atoms with Crippen molar-refractivity contribution in [3.63, 3.8) is 0 Å². The number of benzene rings is 2. The fourth-order valence-electron chi connectivity index (χ4n) is 3.77. The van der Waals surface area contributed by atoms with E-state index in [1.54, 1.807) is 32.4 Å². The van der Waals surface area contributed by atoms with Crippen LogP contribution in [0.1, 0.15) is 55.5 Å². The van der Waals surface area contributed by atoms with Crippen molar-refractivity contribution in [2.75, 3.05) is 20.8 Å². The summed E-state index contributed by atoms with van der Waals surface area (Å²) in [7, 11) is 3.20. The molecule has 1 atom stereocenters. The third-order valence-corrected chi connectivity index (χ3v) is 5.99. The minimum absolute atomic E-state index is 0.0258. The molecule has 0 N–H and O–H groups in total. The Bertz CT molecular complexity index is 920. The number of rotatable bonds is 12. The average Bonchev–Trinajstić information content (AvgIpc) is 3.65. The Kier molecular flexibility index (Phi) is 8.14. The molecule has 0 bridgehead atoms. The summed E-state index contributed by atoms with van der Waals surface area (Å²) in [5.41, 5.74) is 1.67. The first-order valence-corrected chi connectivity index (χ1v) is 11.2. The van der Waals surface area contributed by atoms with Gasteiger partial charge in [0.15, 0.2) is 17.3 Å². The average molecular weight is 440 g/mol. The van der Waals surface area contributed by atoms with Crippen LogP contribution >= 0.6 is 0 Å². The highest BCUT2D eigenvalue weighted by molar-refractivity contribution is 5.94. The van der Waals surface area contributed by atoms with Gasteiger partial charge in [0.25, 0.3) is 0 Å². The highest BCUT2D eigenvalue weighted by atomic mass is 16.5. The molecule has 1 aliphatic rings. The predicted octanol–water partition coefficient (Wildman–Crippen LogP) is 4.89. The Labute approximate surface area is 190 Å². The van der Waals surface area contributed by atoms with Gasteiger partial charge in [-0.15, -0.1) is 0 Å². The second-order valence-corrected chi connectivity index (χ2v) is 8.32. The van der Waals surface area contributed by atoms with Crippen LogP contribution in [0.3, 0.4) is 0 Å². The van der Waals surface area contributed by atoms with Crippen molar-refractivity contribution >= 4 is 11.7 Å². The molecule has 0 saturated heterocycles. The zero-order valence-electron chi connectivity index (χ0n) is 19.4. The fourth-order valence-corrected chi connectivity index (χ4v) is 3.77. The van der Waals surface area contributed by atoms with E-state index in [1.807, 2.05) is 29.2 Å². The van der Waals surface area contributed by atoms with Gasteiger partial charge in [-0.3, -0.25) is 9.59 Å². The van der Waals surface area contributed by atoms with Crippen LogP contribution in [0, 0.1) is 5.92 Å². The van der Waals surface area contributed by atoms with E-state index in [0.29, 0.717) is 49.0 Å². The van der Waals surface area contributed by atoms with Crippen LogP contribution in [0.25, 0.3) is 0 Å². The number of amides is 1. The van der Waals surface area contributed by atoms with Crippen LogP contribution in [0.15, 0.2) is 42.5 Å². The topological polar surface area (TPSA) is 65.1 Å². The first-order chi connectivity index (χ1) is 15.4. The largest absolute Gasteiger partial charge is 0.497 e. The SMILES string of the molecule is COc1ccc(CN(C(=O)CCCOc2ccc(C(C)=O)cc2OC)C(C)C2CC2)cc1. The highest BCUT2D eigenvalue weighted by Crippen LogP contribution is 2.36. The van der Waals surface area contributed by atoms with E-state index in [2.05, 4.69) is 6.92 Å². The summed E-state index contributed by atoms with van der Waals surface area (Å²) in [6.45, 7) is 4.66. The van der Waals surface area contributed by atoms with E-state index in [4.69, 9.17) is 14.2 Å². The molecule has 32 heavy (non-hydrogen) atoms. The molecule has 172 valence electrons. The number of nitrogens with zero attached hydrogens (tertiary/aromatic N) is 1. The van der Waals surface area contributed by atoms with Crippen LogP contribution in [-0.4, -0.2) is 43.5 Å². The second kappa shape index (κ2) is 11.0. The lowest BCUT2D eigenvalue weighted by atomic mass is 10.1. The molecule has 0 spiro atoms. The summed E-state index contributed by atoms with van der Waals surface area (Å²) in [4.78, 5) is 26.6. The van der Waals surface area contributed by atoms with E-state index >= 15 is 0 Å². The highest BCUT2D eigenvalue weighted by Gasteiger charge is 2.34. The van der Waals surface area contributed by atoms with E-state index in [0.717, 1.165) is 11.3 Å². The molecule has 2 aromatic carbocycles. The van der Waals surface area contributed by atoms with Gasteiger partial charge in [0.1, 0.15) is 5.75 Å². The molecule has 1 aliphatic carbocycles. The second-order valence-electron chi connectivity index (χ2n) is 8.32. The summed E-state index contributed by atoms with van der Waals surface area (Å²) in [6.07, 6.45) is 3.40. The summed E-state index contributed by atoms with van der Waals surface area (Å²) in [6, 6.07) is 13.2. The Morgan fingerprint density at radius 3 is 2.34 bits per heavy atom. The number of hydrogen-bond donors (Lipinski definition) is 0. The molecule has 1 saturated carbocycles. The lowest BCUT2D eigenvalue weighted by molar-refractivity contribution is -0.134. The first kappa shape index (κ1) is 23.6. The predicted molar refractivity (Wildman–Crippen MR) is 123 cm³/mol. The monoisotopic (exact) mass is 439 g/mol. The van der Waals surface area contributed by atoms with Crippen LogP contribution in [-0.2, 0) is 11.3 Å². The molecule has 6 heteroatoms. The smallest absolute Gasteiger partial charge is 0.223 e. The molecule has 6 nitrogen and oxygen atoms in total. The van der Waals surface area contributed by atoms with Gasteiger partial charge in [-0.2, -0.15) is 0 Å². The van der Waals surface area contributed by atoms with Crippen LogP contribution in [0.5, 0.6) is 17.2 Å². The molecule has 0 aliphatic heterocycles. The van der Waals surface area contributed by atoms with Crippen molar-refractivity contribution in [1.82, 2.24) is 4.90 Å². The number of carbonyl (C=O) groups excluding carboxylic acids is 2. The first-order valence-electron chi connectivity index (χ1n) is 11.2. The normalized spacial score (nSPS) is 13.9. The fraction of sp³-hybridized carbons (Fsp3) is 0.462. The molecule has 1 fully saturated rings. The van der Waals surface area contributed by atoms with Gasteiger partial charge in [-0.25, -0.2) is 0 Å². The number of hydrogen-bond acceptors (Lipinski definition) is 5. The third-order valence-electron chi connectivity index (χ3n) is 5.99. The lowest BCUT2D eigenvalue weighted by Gasteiger charge is -2.30. The van der Waals surface area contributed by atoms with E-state index in [-0.39, 0.29) is 17.7 Å². The van der Waals surface area contributed by atoms with Gasteiger partial charge in [0.05, 0.1) is 20.8 Å². The number of methoxy groups -OCH3 is 2. The van der Waals surface area contributed by atoms with Gasteiger partial charge in [0, 0.05) is 24.6 Å². The third kappa shape index (κ3) is 6.25. The van der Waals surface area contributed by atoms with Crippen molar-refractivity contribution in [3.8, 4) is 17.2 Å². The summed E-state index contributed by atoms with van der Waals surface area (Å²) in [5.74, 6) is 2.62. The molecular formula is C26H33NO5. The standard InChI is InChI=1S/C26H33NO5/c1-18(21-9-10-21)27(17-20-7-12-23(30-3)13-8-20)26(29)6-5-15-32-24-14-11-22(19(2)28)16-25(24)31-4/h7-8,11-14,16,18,21H,5-6,9-10,15,17H2,1-4H3. The Balaban J connectivity index is 1.56. The van der Waals surface area contributed by atoms with E-state index in [1.165, 1.54) is 19.8 Å². The summed E-state index contributed by atoms with van der Waals surface area (Å²) in [5, 5.41) is 0. The maximum absolute atomic E-state index is 13.1. The van der Waals surface area contributed by atoms with Crippen molar-refractivity contribution in [2.45, 2.75) is 52.1 Å². The Morgan fingerprint density at radius 1 is 1.03 bits per heavy atom. The molecular weight excluding hydrogens is 406 g/mol. The minimum Gasteiger partial charge on any atom is -0.497 e. The van der Waals surface area contributed by atoms with Gasteiger partial charge >= 0.3 is 0 Å². The van der Waals surface area contributed by atoms with Crippen molar-refractivity contribution < 1.29 is 23.8 Å². The van der Waals surface area contributed by atoms with Gasteiger partial charge < -0.3 is 19.1 Å². The van der Waals surface area contributed by atoms with Crippen LogP contribution in [0.4, 0.5) is 0 Å². The lowest BCUT2D eigenvalue weighted by Crippen LogP contribution is -2.39. The Hall–Kier alpha value is -3.02. The van der Waals surface area contributed by atoms with Gasteiger partial charge in [-0.1, -0.05) is 12.1 Å². The number of carbonyl (C=O) groups is 2. The Morgan fingerprint density at radius 2 is 1.75 bits per heavy atom. The molecule has 2 aromatic rings. The summed E-state index contributed by atoms with van der Waals surface area (Å²) < 4.78 is 16.4. The quantitative estimate of drug-likeness (QED) is 0.348. The molecule has 0 radical (unpaired) electrons.